The van der Waals surface area contributed by atoms with Crippen molar-refractivity contribution in [2.75, 3.05) is 13.2 Å². The molecule has 13 heteroatoms. The van der Waals surface area contributed by atoms with E-state index in [1.54, 1.807) is 0 Å². The monoisotopic (exact) mass is 476 g/mol. The normalized spacial score (nSPS) is 22.7. The molecule has 0 heterocycles. The van der Waals surface area contributed by atoms with Gasteiger partial charge in [-0.1, -0.05) is 6.92 Å². The molecule has 1 fully saturated rings. The number of ether oxygens (including phenoxy) is 2. The zero-order valence-corrected chi connectivity index (χ0v) is 17.0. The van der Waals surface area contributed by atoms with E-state index in [9.17, 15) is 44.7 Å². The van der Waals surface area contributed by atoms with Gasteiger partial charge in [0, 0.05) is 6.42 Å². The molecule has 0 aromatic carbocycles. The highest BCUT2D eigenvalue weighted by molar-refractivity contribution is 6.22. The van der Waals surface area contributed by atoms with Crippen molar-refractivity contribution < 1.29 is 54.2 Å². The summed E-state index contributed by atoms with van der Waals surface area (Å²) in [5.74, 6) is -23.6. The number of hydrogen-bond acceptors (Lipinski definition) is 4. The molecule has 0 radical (unpaired) electrons. The van der Waals surface area contributed by atoms with Crippen molar-refractivity contribution in [1.29, 1.82) is 0 Å². The summed E-state index contributed by atoms with van der Waals surface area (Å²) in [6, 6.07) is 0. The highest BCUT2D eigenvalue weighted by atomic mass is 35.5. The van der Waals surface area contributed by atoms with Crippen molar-refractivity contribution in [3.05, 3.63) is 0 Å². The Balaban J connectivity index is 3.24. The van der Waals surface area contributed by atoms with E-state index >= 15 is 0 Å². The molecule has 0 spiro atoms. The van der Waals surface area contributed by atoms with Crippen LogP contribution in [-0.4, -0.2) is 48.3 Å². The van der Waals surface area contributed by atoms with E-state index in [1.807, 2.05) is 0 Å². The summed E-state index contributed by atoms with van der Waals surface area (Å²) >= 11 is 3.94. The van der Waals surface area contributed by atoms with Gasteiger partial charge in [-0.05, 0) is 50.1 Å². The molecule has 1 aliphatic carbocycles. The SMILES string of the molecule is CCOC(=O)C1(C(=O)OCC)C[C@@H](CC(F)(F)C(F)(F)C(F)(F)C(F)(F)Cl)[C@H](C)C1. The highest BCUT2D eigenvalue weighted by Gasteiger charge is 2.80. The minimum atomic E-state index is -6.56. The maximum absolute atomic E-state index is 14.1. The molecule has 176 valence electrons. The third-order valence-electron chi connectivity index (χ3n) is 5.15. The number of halogens is 9. The number of rotatable bonds is 9. The second-order valence-corrected chi connectivity index (χ2v) is 7.70. The molecular formula is C17H21ClF8O4. The molecule has 4 nitrogen and oxygen atoms in total. The summed E-state index contributed by atoms with van der Waals surface area (Å²) in [7, 11) is 0. The van der Waals surface area contributed by atoms with Gasteiger partial charge in [-0.2, -0.15) is 35.1 Å². The molecule has 0 unspecified atom stereocenters. The van der Waals surface area contributed by atoms with Crippen LogP contribution in [-0.2, 0) is 19.1 Å². The molecule has 0 aliphatic heterocycles. The first-order chi connectivity index (χ1) is 13.4. The van der Waals surface area contributed by atoms with Crippen molar-refractivity contribution in [3.8, 4) is 0 Å². The van der Waals surface area contributed by atoms with Crippen LogP contribution < -0.4 is 0 Å². The molecule has 0 amide bonds. The lowest BCUT2D eigenvalue weighted by atomic mass is 9.83. The van der Waals surface area contributed by atoms with Crippen LogP contribution in [0.5, 0.6) is 0 Å². The first kappa shape index (κ1) is 26.7. The summed E-state index contributed by atoms with van der Waals surface area (Å²) in [5, 5.41) is -5.94. The fraction of sp³-hybridized carbons (Fsp3) is 0.882. The van der Waals surface area contributed by atoms with E-state index in [0.717, 1.165) is 0 Å². The van der Waals surface area contributed by atoms with Crippen LogP contribution in [0.4, 0.5) is 35.1 Å². The van der Waals surface area contributed by atoms with Gasteiger partial charge >= 0.3 is 35.1 Å². The fourth-order valence-electron chi connectivity index (χ4n) is 3.54. The topological polar surface area (TPSA) is 52.6 Å². The molecule has 0 N–H and O–H groups in total. The van der Waals surface area contributed by atoms with E-state index in [2.05, 4.69) is 11.6 Å². The first-order valence-electron chi connectivity index (χ1n) is 8.95. The molecule has 1 aliphatic rings. The van der Waals surface area contributed by atoms with Crippen molar-refractivity contribution >= 4 is 23.5 Å². The molecule has 0 bridgehead atoms. The average molecular weight is 477 g/mol. The molecule has 1 saturated carbocycles. The summed E-state index contributed by atoms with van der Waals surface area (Å²) in [5.41, 5.74) is -2.10. The van der Waals surface area contributed by atoms with Crippen molar-refractivity contribution in [3.63, 3.8) is 0 Å². The van der Waals surface area contributed by atoms with Gasteiger partial charge in [-0.15, -0.1) is 0 Å². The van der Waals surface area contributed by atoms with Gasteiger partial charge in [0.25, 0.3) is 0 Å². The van der Waals surface area contributed by atoms with Crippen molar-refractivity contribution in [2.45, 2.75) is 63.2 Å². The lowest BCUT2D eigenvalue weighted by molar-refractivity contribution is -0.351. The third kappa shape index (κ3) is 4.47. The molecular weight excluding hydrogens is 456 g/mol. The van der Waals surface area contributed by atoms with Gasteiger partial charge in [0.1, 0.15) is 0 Å². The van der Waals surface area contributed by atoms with Crippen LogP contribution in [0.1, 0.15) is 40.0 Å². The molecule has 0 aromatic rings. The Labute approximate surface area is 172 Å². The molecule has 30 heavy (non-hydrogen) atoms. The maximum Gasteiger partial charge on any atom is 0.392 e. The highest BCUT2D eigenvalue weighted by Crippen LogP contribution is 2.58. The molecule has 2 atom stereocenters. The van der Waals surface area contributed by atoms with Gasteiger partial charge in [-0.3, -0.25) is 9.59 Å². The standard InChI is InChI=1S/C17H21ClF8O4/c1-4-29-11(27)13(12(28)30-5-2)6-9(3)10(7-13)8-14(19,20)15(21,22)16(23,24)17(18,25)26/h9-10H,4-8H2,1-3H3/t9-,10+/m1/s1. The zero-order chi connectivity index (χ0) is 23.8. The number of esters is 2. The van der Waals surface area contributed by atoms with E-state index in [1.165, 1.54) is 20.8 Å². The van der Waals surface area contributed by atoms with E-state index in [-0.39, 0.29) is 13.2 Å². The van der Waals surface area contributed by atoms with Crippen LogP contribution in [0, 0.1) is 17.3 Å². The number of hydrogen-bond donors (Lipinski definition) is 0. The predicted octanol–water partition coefficient (Wildman–Crippen LogP) is 5.27. The van der Waals surface area contributed by atoms with Crippen LogP contribution in [0.25, 0.3) is 0 Å². The van der Waals surface area contributed by atoms with Gasteiger partial charge in [0.2, 0.25) is 0 Å². The number of carbonyl (C=O) groups excluding carboxylic acids is 2. The minimum Gasteiger partial charge on any atom is -0.465 e. The summed E-state index contributed by atoms with van der Waals surface area (Å²) in [4.78, 5) is 24.7. The van der Waals surface area contributed by atoms with E-state index in [0.29, 0.717) is 0 Å². The van der Waals surface area contributed by atoms with Crippen LogP contribution >= 0.6 is 11.6 Å². The Morgan fingerprint density at radius 3 is 1.70 bits per heavy atom. The zero-order valence-electron chi connectivity index (χ0n) is 16.2. The molecule has 1 rings (SSSR count). The quantitative estimate of drug-likeness (QED) is 0.197. The Bertz CT molecular complexity index is 632. The van der Waals surface area contributed by atoms with Gasteiger partial charge in [0.05, 0.1) is 13.2 Å². The van der Waals surface area contributed by atoms with Crippen molar-refractivity contribution in [1.82, 2.24) is 0 Å². The minimum absolute atomic E-state index is 0.190. The molecule has 0 aromatic heterocycles. The first-order valence-corrected chi connectivity index (χ1v) is 9.33. The summed E-state index contributed by atoms with van der Waals surface area (Å²) < 4.78 is 117. The fourth-order valence-corrected chi connectivity index (χ4v) is 3.66. The van der Waals surface area contributed by atoms with Crippen molar-refractivity contribution in [2.24, 2.45) is 17.3 Å². The van der Waals surface area contributed by atoms with Gasteiger partial charge < -0.3 is 9.47 Å². The maximum atomic E-state index is 14.1. The summed E-state index contributed by atoms with van der Waals surface area (Å²) in [6.45, 7) is 3.65. The molecule has 0 saturated heterocycles. The van der Waals surface area contributed by atoms with Crippen LogP contribution in [0.2, 0.25) is 0 Å². The Morgan fingerprint density at radius 2 is 1.33 bits per heavy atom. The average Bonchev–Trinajstić information content (AvgIpc) is 2.91. The van der Waals surface area contributed by atoms with Gasteiger partial charge in [-0.25, -0.2) is 0 Å². The number of alkyl halides is 9. The van der Waals surface area contributed by atoms with Crippen LogP contribution in [0.15, 0.2) is 0 Å². The second-order valence-electron chi connectivity index (χ2n) is 7.22. The summed E-state index contributed by atoms with van der Waals surface area (Å²) in [6.07, 6.45) is -3.19. The Morgan fingerprint density at radius 1 is 0.900 bits per heavy atom. The Hall–Kier alpha value is -1.33. The third-order valence-corrected chi connectivity index (χ3v) is 5.38. The van der Waals surface area contributed by atoms with E-state index < -0.39 is 71.6 Å². The Kier molecular flexibility index (Phi) is 7.71. The second kappa shape index (κ2) is 8.66. The van der Waals surface area contributed by atoms with Gasteiger partial charge in [0.15, 0.2) is 5.41 Å². The smallest absolute Gasteiger partial charge is 0.392 e. The lowest BCUT2D eigenvalue weighted by Gasteiger charge is -2.36. The van der Waals surface area contributed by atoms with E-state index in [4.69, 9.17) is 9.47 Å². The van der Waals surface area contributed by atoms with Crippen LogP contribution in [0.3, 0.4) is 0 Å². The predicted molar refractivity (Wildman–Crippen MR) is 87.8 cm³/mol. The lowest BCUT2D eigenvalue weighted by Crippen LogP contribution is -2.61. The number of carbonyl (C=O) groups is 2. The largest absolute Gasteiger partial charge is 0.465 e.